The van der Waals surface area contributed by atoms with Crippen molar-refractivity contribution in [1.82, 2.24) is 0 Å². The lowest BCUT2D eigenvalue weighted by Gasteiger charge is -2.55. The van der Waals surface area contributed by atoms with Crippen LogP contribution < -0.4 is 0 Å². The Kier molecular flexibility index (Phi) is 2.89. The van der Waals surface area contributed by atoms with Crippen molar-refractivity contribution in [1.29, 1.82) is 0 Å². The van der Waals surface area contributed by atoms with E-state index in [1.165, 1.54) is 19.3 Å². The molecule has 0 heterocycles. The van der Waals surface area contributed by atoms with Gasteiger partial charge in [-0.1, -0.05) is 0 Å². The molecule has 0 atom stereocenters. The highest BCUT2D eigenvalue weighted by Crippen LogP contribution is 2.60. The SMILES string of the molecule is CCOCOC(=O)C12CC3CC(CC(C3)C1)C2. The molecular weight excluding hydrogens is 216 g/mol. The molecular formula is C14H22O3. The Morgan fingerprint density at radius 2 is 1.65 bits per heavy atom. The van der Waals surface area contributed by atoms with Gasteiger partial charge in [0.25, 0.3) is 0 Å². The van der Waals surface area contributed by atoms with E-state index in [-0.39, 0.29) is 18.2 Å². The first-order valence-corrected chi connectivity index (χ1v) is 6.97. The zero-order valence-corrected chi connectivity index (χ0v) is 10.6. The number of carbonyl (C=O) groups excluding carboxylic acids is 1. The molecule has 96 valence electrons. The minimum Gasteiger partial charge on any atom is -0.438 e. The summed E-state index contributed by atoms with van der Waals surface area (Å²) in [6.07, 6.45) is 7.30. The lowest BCUT2D eigenvalue weighted by atomic mass is 9.49. The zero-order chi connectivity index (χ0) is 11.9. The molecule has 4 bridgehead atoms. The predicted octanol–water partition coefficient (Wildman–Crippen LogP) is 2.74. The van der Waals surface area contributed by atoms with Crippen molar-refractivity contribution < 1.29 is 14.3 Å². The second kappa shape index (κ2) is 4.27. The van der Waals surface area contributed by atoms with Gasteiger partial charge in [0.15, 0.2) is 6.79 Å². The Balaban J connectivity index is 1.67. The van der Waals surface area contributed by atoms with Crippen molar-refractivity contribution >= 4 is 5.97 Å². The molecule has 0 spiro atoms. The highest BCUT2D eigenvalue weighted by atomic mass is 16.7. The Bertz CT molecular complexity index is 275. The van der Waals surface area contributed by atoms with Gasteiger partial charge in [0.05, 0.1) is 5.41 Å². The number of ether oxygens (including phenoxy) is 2. The summed E-state index contributed by atoms with van der Waals surface area (Å²) >= 11 is 0. The first-order valence-electron chi connectivity index (χ1n) is 6.97. The molecule has 0 unspecified atom stereocenters. The fraction of sp³-hybridized carbons (Fsp3) is 0.929. The van der Waals surface area contributed by atoms with Gasteiger partial charge in [0.2, 0.25) is 0 Å². The van der Waals surface area contributed by atoms with Gasteiger partial charge in [0.1, 0.15) is 0 Å². The van der Waals surface area contributed by atoms with Crippen LogP contribution in [0.3, 0.4) is 0 Å². The maximum atomic E-state index is 12.3. The van der Waals surface area contributed by atoms with Crippen molar-refractivity contribution in [2.45, 2.75) is 45.4 Å². The minimum absolute atomic E-state index is 0.0186. The van der Waals surface area contributed by atoms with Gasteiger partial charge in [-0.25, -0.2) is 0 Å². The molecule has 0 saturated heterocycles. The van der Waals surface area contributed by atoms with Gasteiger partial charge in [-0.15, -0.1) is 0 Å². The van der Waals surface area contributed by atoms with Crippen molar-refractivity contribution in [3.05, 3.63) is 0 Å². The molecule has 3 heteroatoms. The molecule has 3 nitrogen and oxygen atoms in total. The molecule has 4 fully saturated rings. The summed E-state index contributed by atoms with van der Waals surface area (Å²) in [7, 11) is 0. The van der Waals surface area contributed by atoms with Crippen LogP contribution in [0.5, 0.6) is 0 Å². The van der Waals surface area contributed by atoms with E-state index in [1.54, 1.807) is 0 Å². The molecule has 4 aliphatic carbocycles. The van der Waals surface area contributed by atoms with E-state index in [2.05, 4.69) is 0 Å². The number of carbonyl (C=O) groups is 1. The molecule has 0 aromatic carbocycles. The van der Waals surface area contributed by atoms with Crippen molar-refractivity contribution in [3.8, 4) is 0 Å². The van der Waals surface area contributed by atoms with Crippen molar-refractivity contribution in [2.75, 3.05) is 13.4 Å². The zero-order valence-electron chi connectivity index (χ0n) is 10.6. The first kappa shape index (κ1) is 11.5. The quantitative estimate of drug-likeness (QED) is 0.429. The van der Waals surface area contributed by atoms with Gasteiger partial charge in [-0.3, -0.25) is 4.79 Å². The molecule has 0 amide bonds. The predicted molar refractivity (Wildman–Crippen MR) is 63.2 cm³/mol. The van der Waals surface area contributed by atoms with E-state index in [0.717, 1.165) is 37.0 Å². The van der Waals surface area contributed by atoms with Crippen LogP contribution in [0.15, 0.2) is 0 Å². The molecule has 4 saturated carbocycles. The lowest BCUT2D eigenvalue weighted by Crippen LogP contribution is -2.50. The molecule has 4 aliphatic rings. The molecule has 0 aromatic rings. The Hall–Kier alpha value is -0.570. The highest BCUT2D eigenvalue weighted by Gasteiger charge is 2.55. The third-order valence-corrected chi connectivity index (χ3v) is 4.95. The van der Waals surface area contributed by atoms with E-state index in [9.17, 15) is 4.79 Å². The molecule has 0 aromatic heterocycles. The smallest absolute Gasteiger partial charge is 0.314 e. The van der Waals surface area contributed by atoms with E-state index >= 15 is 0 Å². The minimum atomic E-state index is -0.133. The summed E-state index contributed by atoms with van der Waals surface area (Å²) in [6.45, 7) is 2.66. The Labute approximate surface area is 103 Å². The normalized spacial score (nSPS) is 42.8. The van der Waals surface area contributed by atoms with Crippen LogP contribution in [0.25, 0.3) is 0 Å². The maximum absolute atomic E-state index is 12.3. The van der Waals surface area contributed by atoms with E-state index in [0.29, 0.717) is 6.61 Å². The third-order valence-electron chi connectivity index (χ3n) is 4.95. The van der Waals surface area contributed by atoms with Gasteiger partial charge in [-0.2, -0.15) is 0 Å². The molecule has 0 radical (unpaired) electrons. The molecule has 0 N–H and O–H groups in total. The number of hydrogen-bond acceptors (Lipinski definition) is 3. The van der Waals surface area contributed by atoms with Crippen molar-refractivity contribution in [2.24, 2.45) is 23.2 Å². The molecule has 4 rings (SSSR count). The number of esters is 1. The monoisotopic (exact) mass is 238 g/mol. The van der Waals surface area contributed by atoms with Crippen LogP contribution in [0.2, 0.25) is 0 Å². The third kappa shape index (κ3) is 1.99. The second-order valence-electron chi connectivity index (χ2n) is 6.24. The van der Waals surface area contributed by atoms with Crippen LogP contribution in [0.1, 0.15) is 45.4 Å². The summed E-state index contributed by atoms with van der Waals surface area (Å²) in [6, 6.07) is 0. The first-order chi connectivity index (χ1) is 8.22. The highest BCUT2D eigenvalue weighted by molar-refractivity contribution is 5.77. The van der Waals surface area contributed by atoms with Crippen LogP contribution in [0.4, 0.5) is 0 Å². The lowest BCUT2D eigenvalue weighted by molar-refractivity contribution is -0.182. The van der Waals surface area contributed by atoms with Gasteiger partial charge < -0.3 is 9.47 Å². The number of rotatable bonds is 4. The van der Waals surface area contributed by atoms with Gasteiger partial charge >= 0.3 is 5.97 Å². The Morgan fingerprint density at radius 1 is 1.12 bits per heavy atom. The summed E-state index contributed by atoms with van der Waals surface area (Å²) in [5.74, 6) is 2.40. The van der Waals surface area contributed by atoms with E-state index in [4.69, 9.17) is 9.47 Å². The van der Waals surface area contributed by atoms with Gasteiger partial charge in [0, 0.05) is 6.61 Å². The van der Waals surface area contributed by atoms with Gasteiger partial charge in [-0.05, 0) is 63.2 Å². The molecule has 0 aliphatic heterocycles. The van der Waals surface area contributed by atoms with E-state index in [1.807, 2.05) is 6.92 Å². The van der Waals surface area contributed by atoms with Crippen molar-refractivity contribution in [3.63, 3.8) is 0 Å². The summed E-state index contributed by atoms with van der Waals surface area (Å²) in [5, 5.41) is 0. The number of hydrogen-bond donors (Lipinski definition) is 0. The van der Waals surface area contributed by atoms with Crippen LogP contribution >= 0.6 is 0 Å². The summed E-state index contributed by atoms with van der Waals surface area (Å²) in [5.41, 5.74) is -0.133. The van der Waals surface area contributed by atoms with Crippen LogP contribution in [-0.2, 0) is 14.3 Å². The second-order valence-corrected chi connectivity index (χ2v) is 6.24. The summed E-state index contributed by atoms with van der Waals surface area (Å²) in [4.78, 5) is 12.3. The Morgan fingerprint density at radius 3 is 2.12 bits per heavy atom. The standard InChI is InChI=1S/C14H22O3/c1-2-16-9-17-13(15)14-6-10-3-11(7-14)5-12(4-10)8-14/h10-12H,2-9H2,1H3. The molecule has 17 heavy (non-hydrogen) atoms. The van der Waals surface area contributed by atoms with Crippen LogP contribution in [-0.4, -0.2) is 19.4 Å². The fourth-order valence-corrected chi connectivity index (χ4v) is 4.69. The topological polar surface area (TPSA) is 35.5 Å². The maximum Gasteiger partial charge on any atom is 0.314 e. The average Bonchev–Trinajstić information content (AvgIpc) is 2.27. The average molecular weight is 238 g/mol. The largest absolute Gasteiger partial charge is 0.438 e. The fourth-order valence-electron chi connectivity index (χ4n) is 4.69. The summed E-state index contributed by atoms with van der Waals surface area (Å²) < 4.78 is 10.4. The van der Waals surface area contributed by atoms with Crippen LogP contribution in [0, 0.1) is 23.2 Å². The van der Waals surface area contributed by atoms with E-state index < -0.39 is 0 Å².